The minimum atomic E-state index is -0.507. The number of aromatic nitrogens is 1. The van der Waals surface area contributed by atoms with Crippen LogP contribution in [0, 0.1) is 0 Å². The van der Waals surface area contributed by atoms with E-state index in [9.17, 15) is 9.59 Å². The molecule has 23 heavy (non-hydrogen) atoms. The molecule has 0 fully saturated rings. The average molecular weight is 323 g/mol. The zero-order valence-corrected chi connectivity index (χ0v) is 13.2. The number of benzene rings is 1. The second kappa shape index (κ2) is 6.54. The first-order valence-electron chi connectivity index (χ1n) is 6.92. The molecule has 0 bridgehead atoms. The Morgan fingerprint density at radius 1 is 1.22 bits per heavy atom. The maximum absolute atomic E-state index is 11.8. The minimum absolute atomic E-state index is 0.234. The smallest absolute Gasteiger partial charge is 0.358 e. The number of aldehydes is 1. The van der Waals surface area contributed by atoms with E-state index < -0.39 is 5.97 Å². The fourth-order valence-electron chi connectivity index (χ4n) is 2.25. The van der Waals surface area contributed by atoms with Gasteiger partial charge in [0.15, 0.2) is 12.0 Å². The second-order valence-corrected chi connectivity index (χ2v) is 5.89. The molecule has 0 saturated heterocycles. The summed E-state index contributed by atoms with van der Waals surface area (Å²) in [5.41, 5.74) is 2.14. The van der Waals surface area contributed by atoms with Gasteiger partial charge in [-0.05, 0) is 11.6 Å². The van der Waals surface area contributed by atoms with Crippen LogP contribution in [0.3, 0.4) is 0 Å². The number of ether oxygens (including phenoxy) is 1. The number of fused-ring (bicyclic) bond motifs is 1. The third-order valence-electron chi connectivity index (χ3n) is 3.36. The predicted octanol–water partition coefficient (Wildman–Crippen LogP) is 4.07. The van der Waals surface area contributed by atoms with Crippen molar-refractivity contribution < 1.29 is 14.3 Å². The van der Waals surface area contributed by atoms with E-state index in [-0.39, 0.29) is 5.69 Å². The fraction of sp³-hybridized carbons (Fsp3) is 0.0556. The van der Waals surface area contributed by atoms with Crippen molar-refractivity contribution >= 4 is 45.8 Å². The van der Waals surface area contributed by atoms with Gasteiger partial charge in [0.1, 0.15) is 0 Å². The van der Waals surface area contributed by atoms with Crippen LogP contribution in [0.1, 0.15) is 31.3 Å². The molecule has 0 saturated carbocycles. The molecule has 2 heterocycles. The third-order valence-corrected chi connectivity index (χ3v) is 4.43. The Hall–Kier alpha value is -2.79. The highest BCUT2D eigenvalue weighted by Gasteiger charge is 2.16. The Kier molecular flexibility index (Phi) is 4.30. The van der Waals surface area contributed by atoms with Crippen LogP contribution in [0.25, 0.3) is 22.2 Å². The highest BCUT2D eigenvalue weighted by Crippen LogP contribution is 2.31. The van der Waals surface area contributed by atoms with E-state index in [0.29, 0.717) is 9.58 Å². The van der Waals surface area contributed by atoms with E-state index in [1.165, 1.54) is 18.4 Å². The maximum atomic E-state index is 11.8. The van der Waals surface area contributed by atoms with E-state index in [2.05, 4.69) is 4.98 Å². The molecule has 3 rings (SSSR count). The van der Waals surface area contributed by atoms with Gasteiger partial charge < -0.3 is 4.74 Å². The van der Waals surface area contributed by atoms with Crippen molar-refractivity contribution in [2.45, 2.75) is 0 Å². The molecule has 1 aromatic carbocycles. The molecule has 5 heteroatoms. The Balaban J connectivity index is 2.11. The van der Waals surface area contributed by atoms with Crippen LogP contribution in [0.15, 0.2) is 42.6 Å². The van der Waals surface area contributed by atoms with Gasteiger partial charge in [-0.15, -0.1) is 11.3 Å². The number of thiophene rings is 1. The average Bonchev–Trinajstić information content (AvgIpc) is 3.04. The molecule has 0 aliphatic rings. The Bertz CT molecular complexity index is 897. The van der Waals surface area contributed by atoms with Crippen molar-refractivity contribution in [1.29, 1.82) is 0 Å². The number of rotatable bonds is 4. The molecular weight excluding hydrogens is 310 g/mol. The fourth-order valence-corrected chi connectivity index (χ4v) is 3.23. The molecule has 0 N–H and O–H groups in total. The lowest BCUT2D eigenvalue weighted by atomic mass is 10.1. The lowest BCUT2D eigenvalue weighted by molar-refractivity contribution is 0.0596. The van der Waals surface area contributed by atoms with Crippen molar-refractivity contribution in [3.8, 4) is 0 Å². The molecule has 0 atom stereocenters. The third kappa shape index (κ3) is 3.05. The van der Waals surface area contributed by atoms with Gasteiger partial charge in [0.05, 0.1) is 16.7 Å². The summed E-state index contributed by atoms with van der Waals surface area (Å²) in [5, 5.41) is 0.819. The van der Waals surface area contributed by atoms with Crippen LogP contribution in [-0.4, -0.2) is 24.3 Å². The standard InChI is InChI=1S/C18H13NO3S/c1-22-18(21)16-17-15(9-14(11-20)23-17)13(10-19-16)8-7-12-5-3-2-4-6-12/h2-11H,1H3. The number of hydrogen-bond acceptors (Lipinski definition) is 5. The van der Waals surface area contributed by atoms with Crippen LogP contribution in [-0.2, 0) is 4.74 Å². The van der Waals surface area contributed by atoms with Crippen molar-refractivity contribution in [1.82, 2.24) is 4.98 Å². The summed E-state index contributed by atoms with van der Waals surface area (Å²) < 4.78 is 5.42. The first-order chi connectivity index (χ1) is 11.2. The number of methoxy groups -OCH3 is 1. The molecule has 114 valence electrons. The summed E-state index contributed by atoms with van der Waals surface area (Å²) in [6.45, 7) is 0. The summed E-state index contributed by atoms with van der Waals surface area (Å²) in [6.07, 6.45) is 6.28. The topological polar surface area (TPSA) is 56.3 Å². The molecule has 2 aromatic heterocycles. The SMILES string of the molecule is COC(=O)c1ncc(C=Cc2ccccc2)c2cc(C=O)sc12. The number of pyridine rings is 1. The van der Waals surface area contributed by atoms with Gasteiger partial charge in [0.2, 0.25) is 0 Å². The molecule has 0 radical (unpaired) electrons. The van der Waals surface area contributed by atoms with Gasteiger partial charge in [-0.2, -0.15) is 0 Å². The highest BCUT2D eigenvalue weighted by molar-refractivity contribution is 7.20. The summed E-state index contributed by atoms with van der Waals surface area (Å²) in [4.78, 5) is 27.7. The second-order valence-electron chi connectivity index (χ2n) is 4.81. The first kappa shape index (κ1) is 15.1. The maximum Gasteiger partial charge on any atom is 0.358 e. The molecule has 0 spiro atoms. The summed E-state index contributed by atoms with van der Waals surface area (Å²) in [7, 11) is 1.31. The number of hydrogen-bond donors (Lipinski definition) is 0. The Morgan fingerprint density at radius 3 is 2.70 bits per heavy atom. The summed E-state index contributed by atoms with van der Waals surface area (Å²) in [6, 6.07) is 11.6. The summed E-state index contributed by atoms with van der Waals surface area (Å²) in [5.74, 6) is -0.507. The molecule has 0 aliphatic heterocycles. The molecular formula is C18H13NO3S. The molecule has 0 amide bonds. The largest absolute Gasteiger partial charge is 0.464 e. The van der Waals surface area contributed by atoms with E-state index in [1.54, 1.807) is 12.3 Å². The van der Waals surface area contributed by atoms with E-state index in [1.807, 2.05) is 42.5 Å². The Labute approximate surface area is 137 Å². The van der Waals surface area contributed by atoms with Gasteiger partial charge in [-0.25, -0.2) is 9.78 Å². The Morgan fingerprint density at radius 2 is 2.00 bits per heavy atom. The van der Waals surface area contributed by atoms with Gasteiger partial charge in [-0.3, -0.25) is 4.79 Å². The number of carbonyl (C=O) groups is 2. The summed E-state index contributed by atoms with van der Waals surface area (Å²) >= 11 is 1.24. The highest BCUT2D eigenvalue weighted by atomic mass is 32.1. The van der Waals surface area contributed by atoms with Crippen LogP contribution in [0.2, 0.25) is 0 Å². The van der Waals surface area contributed by atoms with E-state index in [4.69, 9.17) is 4.74 Å². The minimum Gasteiger partial charge on any atom is -0.464 e. The molecule has 3 aromatic rings. The zero-order valence-electron chi connectivity index (χ0n) is 12.4. The van der Waals surface area contributed by atoms with Crippen LogP contribution >= 0.6 is 11.3 Å². The van der Waals surface area contributed by atoms with Gasteiger partial charge in [0.25, 0.3) is 0 Å². The van der Waals surface area contributed by atoms with Gasteiger partial charge >= 0.3 is 5.97 Å². The quantitative estimate of drug-likeness (QED) is 0.536. The lowest BCUT2D eigenvalue weighted by Gasteiger charge is -2.02. The van der Waals surface area contributed by atoms with Gasteiger partial charge in [0, 0.05) is 17.1 Å². The lowest BCUT2D eigenvalue weighted by Crippen LogP contribution is -2.04. The first-order valence-corrected chi connectivity index (χ1v) is 7.73. The molecule has 0 unspecified atom stereocenters. The normalized spacial score (nSPS) is 11.0. The predicted molar refractivity (Wildman–Crippen MR) is 91.7 cm³/mol. The van der Waals surface area contributed by atoms with Crippen LogP contribution in [0.5, 0.6) is 0 Å². The number of nitrogens with zero attached hydrogens (tertiary/aromatic N) is 1. The van der Waals surface area contributed by atoms with Crippen molar-refractivity contribution in [2.75, 3.05) is 7.11 Å². The van der Waals surface area contributed by atoms with Crippen molar-refractivity contribution in [2.24, 2.45) is 0 Å². The zero-order chi connectivity index (χ0) is 16.2. The van der Waals surface area contributed by atoms with Crippen LogP contribution in [0.4, 0.5) is 0 Å². The van der Waals surface area contributed by atoms with Gasteiger partial charge in [-0.1, -0.05) is 42.5 Å². The van der Waals surface area contributed by atoms with Crippen LogP contribution < -0.4 is 0 Å². The van der Waals surface area contributed by atoms with Crippen molar-refractivity contribution in [3.05, 3.63) is 64.3 Å². The monoisotopic (exact) mass is 323 g/mol. The molecule has 0 aliphatic carbocycles. The van der Waals surface area contributed by atoms with E-state index >= 15 is 0 Å². The number of carbonyl (C=O) groups excluding carboxylic acids is 2. The molecule has 4 nitrogen and oxygen atoms in total. The van der Waals surface area contributed by atoms with Crippen molar-refractivity contribution in [3.63, 3.8) is 0 Å². The van der Waals surface area contributed by atoms with E-state index in [0.717, 1.165) is 22.8 Å². The number of esters is 1.